The first-order valence-electron chi connectivity index (χ1n) is 9.97. The molecule has 30 heavy (non-hydrogen) atoms. The van der Waals surface area contributed by atoms with Crippen molar-refractivity contribution in [3.63, 3.8) is 0 Å². The first-order valence-corrected chi connectivity index (χ1v) is 9.97. The van der Waals surface area contributed by atoms with E-state index >= 15 is 0 Å². The van der Waals surface area contributed by atoms with Gasteiger partial charge in [-0.05, 0) is 48.4 Å². The van der Waals surface area contributed by atoms with Crippen LogP contribution in [0.5, 0.6) is 0 Å². The van der Waals surface area contributed by atoms with Crippen molar-refractivity contribution < 1.29 is 14.0 Å². The van der Waals surface area contributed by atoms with E-state index in [1.807, 2.05) is 81.6 Å². The van der Waals surface area contributed by atoms with Crippen molar-refractivity contribution in [1.82, 2.24) is 0 Å². The molecule has 0 N–H and O–H groups in total. The molecule has 1 heterocycles. The second-order valence-corrected chi connectivity index (χ2v) is 7.86. The molecule has 0 bridgehead atoms. The lowest BCUT2D eigenvalue weighted by atomic mass is 9.83. The van der Waals surface area contributed by atoms with Crippen molar-refractivity contribution >= 4 is 28.0 Å². The average Bonchev–Trinajstić information content (AvgIpc) is 3.08. The van der Waals surface area contributed by atoms with Gasteiger partial charge in [0.1, 0.15) is 11.5 Å². The SMILES string of the molecule is Cc1c(CN(C)c2ccccc2)oc2c1C(=O)C(=O)c1c-2ccc2c(C)cccc12. The van der Waals surface area contributed by atoms with Crippen LogP contribution in [0.25, 0.3) is 22.1 Å². The standard InChI is InChI=1S/C26H21NO3/c1-15-8-7-11-19-18(15)12-13-20-23(19)25(29)24(28)22-16(2)21(30-26(20)22)14-27(3)17-9-5-4-6-10-17/h4-13H,14H2,1-3H3. The number of Topliss-reactive ketones (excluding diaryl/α,β-unsaturated/α-hetero) is 2. The van der Waals surface area contributed by atoms with E-state index in [1.54, 1.807) is 0 Å². The van der Waals surface area contributed by atoms with Crippen molar-refractivity contribution in [1.29, 1.82) is 0 Å². The first-order chi connectivity index (χ1) is 14.5. The Kier molecular flexibility index (Phi) is 4.10. The third kappa shape index (κ3) is 2.61. The van der Waals surface area contributed by atoms with Crippen LogP contribution in [-0.4, -0.2) is 18.6 Å². The van der Waals surface area contributed by atoms with E-state index in [9.17, 15) is 9.59 Å². The molecule has 0 aliphatic heterocycles. The highest BCUT2D eigenvalue weighted by Gasteiger charge is 2.37. The van der Waals surface area contributed by atoms with Gasteiger partial charge in [-0.15, -0.1) is 0 Å². The first kappa shape index (κ1) is 18.4. The molecule has 5 rings (SSSR count). The van der Waals surface area contributed by atoms with Crippen LogP contribution in [0.1, 0.15) is 37.6 Å². The van der Waals surface area contributed by atoms with Gasteiger partial charge >= 0.3 is 0 Å². The smallest absolute Gasteiger partial charge is 0.237 e. The number of para-hydroxylation sites is 1. The van der Waals surface area contributed by atoms with E-state index in [4.69, 9.17) is 4.42 Å². The summed E-state index contributed by atoms with van der Waals surface area (Å²) in [6.07, 6.45) is 0. The van der Waals surface area contributed by atoms with E-state index in [0.29, 0.717) is 34.8 Å². The molecule has 148 valence electrons. The molecule has 1 aliphatic carbocycles. The zero-order chi connectivity index (χ0) is 21.0. The third-order valence-corrected chi connectivity index (χ3v) is 6.01. The molecule has 1 aliphatic rings. The number of carbonyl (C=O) groups is 2. The highest BCUT2D eigenvalue weighted by Crippen LogP contribution is 2.42. The van der Waals surface area contributed by atoms with Crippen molar-refractivity contribution in [3.8, 4) is 11.3 Å². The predicted molar refractivity (Wildman–Crippen MR) is 118 cm³/mol. The number of carbonyl (C=O) groups excluding carboxylic acids is 2. The molecule has 0 unspecified atom stereocenters. The number of rotatable bonds is 3. The Hall–Kier alpha value is -3.66. The van der Waals surface area contributed by atoms with Crippen LogP contribution in [0.2, 0.25) is 0 Å². The molecule has 0 radical (unpaired) electrons. The lowest BCUT2D eigenvalue weighted by Crippen LogP contribution is -2.21. The van der Waals surface area contributed by atoms with Gasteiger partial charge in [0.05, 0.1) is 12.1 Å². The molecule has 0 saturated heterocycles. The van der Waals surface area contributed by atoms with Gasteiger partial charge in [-0.3, -0.25) is 9.59 Å². The summed E-state index contributed by atoms with van der Waals surface area (Å²) in [6.45, 7) is 4.37. The highest BCUT2D eigenvalue weighted by atomic mass is 16.3. The minimum atomic E-state index is -0.485. The zero-order valence-corrected chi connectivity index (χ0v) is 17.2. The molecule has 0 saturated carbocycles. The monoisotopic (exact) mass is 395 g/mol. The molecule has 0 spiro atoms. The van der Waals surface area contributed by atoms with Gasteiger partial charge in [-0.25, -0.2) is 0 Å². The summed E-state index contributed by atoms with van der Waals surface area (Å²) in [4.78, 5) is 28.2. The van der Waals surface area contributed by atoms with E-state index in [0.717, 1.165) is 27.6 Å². The van der Waals surface area contributed by atoms with Crippen LogP contribution < -0.4 is 4.90 Å². The van der Waals surface area contributed by atoms with Gasteiger partial charge < -0.3 is 9.32 Å². The fourth-order valence-corrected chi connectivity index (χ4v) is 4.34. The minimum absolute atomic E-state index is 0.399. The van der Waals surface area contributed by atoms with Crippen LogP contribution in [0, 0.1) is 13.8 Å². The Labute approximate surface area is 174 Å². The minimum Gasteiger partial charge on any atom is -0.458 e. The molecule has 0 amide bonds. The molecule has 3 aromatic carbocycles. The summed E-state index contributed by atoms with van der Waals surface area (Å²) in [5.74, 6) is 0.263. The van der Waals surface area contributed by atoms with Crippen molar-refractivity contribution in [2.75, 3.05) is 11.9 Å². The molecule has 0 atom stereocenters. The zero-order valence-electron chi connectivity index (χ0n) is 17.2. The van der Waals surface area contributed by atoms with Crippen LogP contribution in [0.3, 0.4) is 0 Å². The maximum Gasteiger partial charge on any atom is 0.237 e. The van der Waals surface area contributed by atoms with Crippen molar-refractivity contribution in [2.45, 2.75) is 20.4 Å². The van der Waals surface area contributed by atoms with Crippen molar-refractivity contribution in [2.24, 2.45) is 0 Å². The quantitative estimate of drug-likeness (QED) is 0.416. The highest BCUT2D eigenvalue weighted by molar-refractivity contribution is 6.54. The number of benzene rings is 3. The second kappa shape index (κ2) is 6.70. The number of hydrogen-bond acceptors (Lipinski definition) is 4. The Morgan fingerprint density at radius 2 is 1.53 bits per heavy atom. The number of furan rings is 1. The molecule has 1 aromatic heterocycles. The second-order valence-electron chi connectivity index (χ2n) is 7.86. The molecule has 4 aromatic rings. The van der Waals surface area contributed by atoms with E-state index in [1.165, 1.54) is 0 Å². The van der Waals surface area contributed by atoms with Gasteiger partial charge in [0.25, 0.3) is 0 Å². The van der Waals surface area contributed by atoms with E-state index in [2.05, 4.69) is 4.90 Å². The number of anilines is 1. The van der Waals surface area contributed by atoms with Gasteiger partial charge in [-0.2, -0.15) is 0 Å². The number of fused-ring (bicyclic) bond motifs is 5. The van der Waals surface area contributed by atoms with Crippen LogP contribution in [0.4, 0.5) is 5.69 Å². The Bertz CT molecular complexity index is 1330. The molecular formula is C26H21NO3. The molecular weight excluding hydrogens is 374 g/mol. The summed E-state index contributed by atoms with van der Waals surface area (Å²) in [6, 6.07) is 19.7. The largest absolute Gasteiger partial charge is 0.458 e. The topological polar surface area (TPSA) is 50.5 Å². The Morgan fingerprint density at radius 1 is 0.800 bits per heavy atom. The fourth-order valence-electron chi connectivity index (χ4n) is 4.34. The number of aryl methyl sites for hydroxylation is 1. The summed E-state index contributed by atoms with van der Waals surface area (Å²) in [5, 5.41) is 1.78. The lowest BCUT2D eigenvalue weighted by molar-refractivity contribution is 0.0815. The normalized spacial score (nSPS) is 12.8. The lowest BCUT2D eigenvalue weighted by Gasteiger charge is -2.18. The predicted octanol–water partition coefficient (Wildman–Crippen LogP) is 5.73. The Balaban J connectivity index is 1.67. The van der Waals surface area contributed by atoms with Crippen LogP contribution in [0.15, 0.2) is 65.1 Å². The van der Waals surface area contributed by atoms with Gasteiger partial charge in [0.15, 0.2) is 0 Å². The summed E-state index contributed by atoms with van der Waals surface area (Å²) >= 11 is 0. The maximum absolute atomic E-state index is 13.1. The fraction of sp³-hybridized carbons (Fsp3) is 0.154. The summed E-state index contributed by atoms with van der Waals surface area (Å²) in [7, 11) is 1.98. The maximum atomic E-state index is 13.1. The third-order valence-electron chi connectivity index (χ3n) is 6.01. The summed E-state index contributed by atoms with van der Waals surface area (Å²) < 4.78 is 6.24. The number of ketones is 2. The van der Waals surface area contributed by atoms with Gasteiger partial charge in [0.2, 0.25) is 11.6 Å². The van der Waals surface area contributed by atoms with Crippen molar-refractivity contribution in [3.05, 3.63) is 88.7 Å². The van der Waals surface area contributed by atoms with Gasteiger partial charge in [-0.1, -0.05) is 42.5 Å². The Morgan fingerprint density at radius 3 is 2.30 bits per heavy atom. The number of nitrogens with zero attached hydrogens (tertiary/aromatic N) is 1. The van der Waals surface area contributed by atoms with E-state index < -0.39 is 11.6 Å². The molecule has 4 nitrogen and oxygen atoms in total. The van der Waals surface area contributed by atoms with Gasteiger partial charge in [0, 0.05) is 29.4 Å². The molecule has 0 fully saturated rings. The van der Waals surface area contributed by atoms with Crippen LogP contribution in [-0.2, 0) is 6.54 Å². The number of hydrogen-bond donors (Lipinski definition) is 0. The van der Waals surface area contributed by atoms with Crippen LogP contribution >= 0.6 is 0 Å². The summed E-state index contributed by atoms with van der Waals surface area (Å²) in [5.41, 5.74) is 4.41. The van der Waals surface area contributed by atoms with E-state index in [-0.39, 0.29) is 0 Å². The average molecular weight is 395 g/mol. The molecule has 4 heteroatoms.